The van der Waals surface area contributed by atoms with Crippen molar-refractivity contribution >= 4 is 11.2 Å². The van der Waals surface area contributed by atoms with Crippen molar-refractivity contribution in [2.24, 2.45) is 0 Å². The molecule has 14 heavy (non-hydrogen) atoms. The van der Waals surface area contributed by atoms with Crippen LogP contribution in [-0.4, -0.2) is 10.3 Å². The molecule has 0 saturated carbocycles. The van der Waals surface area contributed by atoms with Crippen LogP contribution in [0.2, 0.25) is 0 Å². The minimum absolute atomic E-state index is 0.787. The maximum atomic E-state index is 11.7. The molecule has 1 aromatic carbocycles. The monoisotopic (exact) mass is 210 g/mol. The maximum absolute atomic E-state index is 11.7. The van der Waals surface area contributed by atoms with Crippen LogP contribution in [0.25, 0.3) is 0 Å². The van der Waals surface area contributed by atoms with Crippen LogP contribution in [0.5, 0.6) is 0 Å². The van der Waals surface area contributed by atoms with E-state index in [2.05, 4.69) is 6.92 Å². The molecule has 0 heterocycles. The molecule has 1 rings (SSSR count). The van der Waals surface area contributed by atoms with Gasteiger partial charge in [-0.05, 0) is 36.2 Å². The molecule has 1 atom stereocenters. The van der Waals surface area contributed by atoms with E-state index >= 15 is 0 Å². The molecule has 1 aromatic rings. The molecule has 0 aliphatic heterocycles. The van der Waals surface area contributed by atoms with Gasteiger partial charge in [0.05, 0.1) is 0 Å². The number of rotatable bonds is 6. The van der Waals surface area contributed by atoms with Crippen LogP contribution in [0.15, 0.2) is 35.2 Å². The van der Waals surface area contributed by atoms with Gasteiger partial charge in [-0.2, -0.15) is 0 Å². The van der Waals surface area contributed by atoms with Gasteiger partial charge in [-0.25, -0.2) is 0 Å². The topological polar surface area (TPSA) is 23.1 Å². The maximum Gasteiger partial charge on any atom is 0.152 e. The quantitative estimate of drug-likeness (QED) is 0.521. The highest BCUT2D eigenvalue weighted by Gasteiger charge is 2.08. The van der Waals surface area contributed by atoms with Crippen molar-refractivity contribution in [3.63, 3.8) is 0 Å². The molecular weight excluding hydrogens is 192 g/mol. The van der Waals surface area contributed by atoms with Gasteiger partial charge in [0.1, 0.15) is 5.75 Å². The van der Waals surface area contributed by atoms with Gasteiger partial charge in [0, 0.05) is 0 Å². The minimum Gasteiger partial charge on any atom is -0.611 e. The molecule has 0 aliphatic rings. The van der Waals surface area contributed by atoms with Crippen molar-refractivity contribution in [3.8, 4) is 0 Å². The largest absolute Gasteiger partial charge is 0.611 e. The molecule has 0 amide bonds. The Morgan fingerprint density at radius 1 is 1.07 bits per heavy atom. The zero-order valence-corrected chi connectivity index (χ0v) is 9.56. The first-order chi connectivity index (χ1) is 6.84. The Balaban J connectivity index is 2.25. The minimum atomic E-state index is -0.787. The van der Waals surface area contributed by atoms with E-state index in [0.29, 0.717) is 0 Å². The molecule has 1 unspecified atom stereocenters. The molecule has 0 radical (unpaired) electrons. The van der Waals surface area contributed by atoms with Crippen LogP contribution in [0.4, 0.5) is 0 Å². The normalized spacial score (nSPS) is 12.7. The molecule has 0 aromatic heterocycles. The van der Waals surface area contributed by atoms with Crippen molar-refractivity contribution in [1.82, 2.24) is 0 Å². The lowest BCUT2D eigenvalue weighted by atomic mass is 10.2. The predicted octanol–water partition coefficient (Wildman–Crippen LogP) is 3.37. The van der Waals surface area contributed by atoms with E-state index in [1.54, 1.807) is 0 Å². The lowest BCUT2D eigenvalue weighted by Gasteiger charge is -2.09. The molecule has 0 fully saturated rings. The Morgan fingerprint density at radius 2 is 1.79 bits per heavy atom. The first kappa shape index (κ1) is 11.6. The lowest BCUT2D eigenvalue weighted by molar-refractivity contribution is 0.588. The summed E-state index contributed by atoms with van der Waals surface area (Å²) in [6.07, 6.45) is 4.77. The molecule has 0 spiro atoms. The number of benzene rings is 1. The van der Waals surface area contributed by atoms with E-state index in [1.165, 1.54) is 19.3 Å². The van der Waals surface area contributed by atoms with Crippen molar-refractivity contribution in [3.05, 3.63) is 30.3 Å². The summed E-state index contributed by atoms with van der Waals surface area (Å²) in [4.78, 5) is 0.962. The van der Waals surface area contributed by atoms with Gasteiger partial charge in [0.25, 0.3) is 0 Å². The SMILES string of the molecule is CCCCCC[S+]([O-])c1ccccc1. The second-order valence-electron chi connectivity index (χ2n) is 3.42. The average Bonchev–Trinajstić information content (AvgIpc) is 2.25. The lowest BCUT2D eigenvalue weighted by Crippen LogP contribution is -2.06. The van der Waals surface area contributed by atoms with Crippen molar-refractivity contribution in [2.75, 3.05) is 5.75 Å². The molecule has 0 aliphatic carbocycles. The smallest absolute Gasteiger partial charge is 0.152 e. The Hall–Kier alpha value is -0.470. The van der Waals surface area contributed by atoms with Crippen molar-refractivity contribution in [1.29, 1.82) is 0 Å². The predicted molar refractivity (Wildman–Crippen MR) is 61.9 cm³/mol. The van der Waals surface area contributed by atoms with Gasteiger partial charge >= 0.3 is 0 Å². The zero-order valence-electron chi connectivity index (χ0n) is 8.74. The highest BCUT2D eigenvalue weighted by molar-refractivity contribution is 7.91. The van der Waals surface area contributed by atoms with Crippen molar-refractivity contribution in [2.45, 2.75) is 37.5 Å². The third-order valence-corrected chi connectivity index (χ3v) is 3.65. The standard InChI is InChI=1S/C12H18OS/c1-2-3-4-8-11-14(13)12-9-6-5-7-10-12/h5-7,9-10H,2-4,8,11H2,1H3. The molecule has 0 saturated heterocycles. The van der Waals surface area contributed by atoms with Crippen LogP contribution >= 0.6 is 0 Å². The average molecular weight is 210 g/mol. The van der Waals surface area contributed by atoms with Crippen molar-refractivity contribution < 1.29 is 4.55 Å². The second kappa shape index (κ2) is 6.91. The fourth-order valence-electron chi connectivity index (χ4n) is 1.35. The number of unbranched alkanes of at least 4 members (excludes halogenated alkanes) is 3. The van der Waals surface area contributed by atoms with E-state index in [9.17, 15) is 4.55 Å². The van der Waals surface area contributed by atoms with E-state index in [1.807, 2.05) is 30.3 Å². The third kappa shape index (κ3) is 4.16. The summed E-state index contributed by atoms with van der Waals surface area (Å²) >= 11 is -0.787. The molecule has 0 N–H and O–H groups in total. The van der Waals surface area contributed by atoms with Crippen LogP contribution in [0.3, 0.4) is 0 Å². The first-order valence-corrected chi connectivity index (χ1v) is 6.60. The van der Waals surface area contributed by atoms with Gasteiger partial charge in [-0.3, -0.25) is 0 Å². The molecule has 78 valence electrons. The molecule has 2 heteroatoms. The third-order valence-electron chi connectivity index (χ3n) is 2.19. The van der Waals surface area contributed by atoms with Gasteiger partial charge in [-0.15, -0.1) is 0 Å². The van der Waals surface area contributed by atoms with E-state index in [0.717, 1.165) is 17.1 Å². The van der Waals surface area contributed by atoms with E-state index in [-0.39, 0.29) is 0 Å². The molecule has 1 nitrogen and oxygen atoms in total. The van der Waals surface area contributed by atoms with Gasteiger partial charge in [-0.1, -0.05) is 38.0 Å². The Morgan fingerprint density at radius 3 is 2.43 bits per heavy atom. The van der Waals surface area contributed by atoms with Crippen LogP contribution in [0.1, 0.15) is 32.6 Å². The second-order valence-corrected chi connectivity index (χ2v) is 4.99. The van der Waals surface area contributed by atoms with Gasteiger partial charge < -0.3 is 4.55 Å². The summed E-state index contributed by atoms with van der Waals surface area (Å²) in [5.41, 5.74) is 0. The Kier molecular flexibility index (Phi) is 5.72. The molecule has 0 bridgehead atoms. The summed E-state index contributed by atoms with van der Waals surface area (Å²) in [5.74, 6) is 0.810. The fraction of sp³-hybridized carbons (Fsp3) is 0.500. The number of hydrogen-bond donors (Lipinski definition) is 0. The Bertz CT molecular complexity index is 235. The van der Waals surface area contributed by atoms with Crippen LogP contribution in [0, 0.1) is 0 Å². The highest BCUT2D eigenvalue weighted by atomic mass is 32.2. The summed E-state index contributed by atoms with van der Waals surface area (Å²) in [5, 5.41) is 0. The fourth-order valence-corrected chi connectivity index (χ4v) is 2.51. The summed E-state index contributed by atoms with van der Waals surface area (Å²) in [7, 11) is 0. The molecular formula is C12H18OS. The van der Waals surface area contributed by atoms with E-state index < -0.39 is 11.2 Å². The van der Waals surface area contributed by atoms with E-state index in [4.69, 9.17) is 0 Å². The number of hydrogen-bond acceptors (Lipinski definition) is 1. The summed E-state index contributed by atoms with van der Waals surface area (Å²) < 4.78 is 11.7. The Labute approximate surface area is 89.7 Å². The summed E-state index contributed by atoms with van der Waals surface area (Å²) in [6.45, 7) is 2.19. The van der Waals surface area contributed by atoms with Crippen LogP contribution in [-0.2, 0) is 11.2 Å². The summed E-state index contributed by atoms with van der Waals surface area (Å²) in [6, 6.07) is 9.72. The van der Waals surface area contributed by atoms with Gasteiger partial charge in [0.2, 0.25) is 0 Å². The van der Waals surface area contributed by atoms with Crippen LogP contribution < -0.4 is 0 Å². The highest BCUT2D eigenvalue weighted by Crippen LogP contribution is 2.12. The van der Waals surface area contributed by atoms with Gasteiger partial charge in [0.15, 0.2) is 4.90 Å². The zero-order chi connectivity index (χ0) is 10.2. The first-order valence-electron chi connectivity index (χ1n) is 5.28.